The summed E-state index contributed by atoms with van der Waals surface area (Å²) in [4.78, 5) is 14.2. The van der Waals surface area contributed by atoms with E-state index >= 15 is 0 Å². The van der Waals surface area contributed by atoms with Gasteiger partial charge in [-0.25, -0.2) is 9.97 Å². The predicted molar refractivity (Wildman–Crippen MR) is 82.5 cm³/mol. The van der Waals surface area contributed by atoms with Gasteiger partial charge in [0, 0.05) is 38.2 Å². The Morgan fingerprint density at radius 1 is 1.30 bits per heavy atom. The third-order valence-corrected chi connectivity index (χ3v) is 4.18. The number of hydrogen-bond donors (Lipinski definition) is 1. The smallest absolute Gasteiger partial charge is 0.136 e. The Morgan fingerprint density at radius 3 is 2.75 bits per heavy atom. The van der Waals surface area contributed by atoms with Gasteiger partial charge in [-0.05, 0) is 39.8 Å². The first-order valence-electron chi connectivity index (χ1n) is 7.65. The van der Waals surface area contributed by atoms with Crippen LogP contribution in [0.25, 0.3) is 0 Å². The highest BCUT2D eigenvalue weighted by atomic mass is 15.3. The largest absolute Gasteiger partial charge is 0.373 e. The summed E-state index contributed by atoms with van der Waals surface area (Å²) in [5, 5.41) is 3.18. The van der Waals surface area contributed by atoms with E-state index in [-0.39, 0.29) is 0 Å². The molecule has 1 saturated carbocycles. The Balaban J connectivity index is 1.85. The van der Waals surface area contributed by atoms with Crippen molar-refractivity contribution >= 4 is 11.6 Å². The van der Waals surface area contributed by atoms with Crippen LogP contribution < -0.4 is 10.2 Å². The van der Waals surface area contributed by atoms with E-state index in [0.717, 1.165) is 30.5 Å². The molecule has 2 aliphatic rings. The number of hydrogen-bond acceptors (Lipinski definition) is 5. The molecule has 0 amide bonds. The summed E-state index contributed by atoms with van der Waals surface area (Å²) < 4.78 is 0. The van der Waals surface area contributed by atoms with Crippen LogP contribution in [0, 0.1) is 0 Å². The van der Waals surface area contributed by atoms with Gasteiger partial charge in [-0.15, -0.1) is 0 Å². The Labute approximate surface area is 121 Å². The summed E-state index contributed by atoms with van der Waals surface area (Å²) in [5.41, 5.74) is 0. The Morgan fingerprint density at radius 2 is 2.10 bits per heavy atom. The lowest BCUT2D eigenvalue weighted by atomic mass is 10.2. The van der Waals surface area contributed by atoms with Crippen molar-refractivity contribution in [3.05, 3.63) is 11.9 Å². The van der Waals surface area contributed by atoms with E-state index in [1.165, 1.54) is 25.7 Å². The second-order valence-electron chi connectivity index (χ2n) is 6.25. The molecule has 1 aliphatic heterocycles. The minimum Gasteiger partial charge on any atom is -0.373 e. The van der Waals surface area contributed by atoms with Crippen LogP contribution in [0.1, 0.15) is 37.4 Å². The lowest BCUT2D eigenvalue weighted by Crippen LogP contribution is -2.38. The minimum atomic E-state index is 0.580. The van der Waals surface area contributed by atoms with Gasteiger partial charge in [-0.3, -0.25) is 0 Å². The van der Waals surface area contributed by atoms with Gasteiger partial charge >= 0.3 is 0 Å². The predicted octanol–water partition coefficient (Wildman–Crippen LogP) is 1.93. The normalized spacial score (nSPS) is 22.6. The van der Waals surface area contributed by atoms with E-state index in [4.69, 9.17) is 4.98 Å². The zero-order valence-corrected chi connectivity index (χ0v) is 12.8. The number of anilines is 2. The molecular formula is C15H25N5. The van der Waals surface area contributed by atoms with Crippen LogP contribution in [-0.4, -0.2) is 55.1 Å². The molecule has 0 aromatic carbocycles. The molecule has 1 unspecified atom stereocenters. The third-order valence-electron chi connectivity index (χ3n) is 4.18. The number of nitrogens with one attached hydrogen (secondary N) is 1. The Hall–Kier alpha value is -1.36. The third kappa shape index (κ3) is 2.87. The molecule has 1 aromatic rings. The summed E-state index contributed by atoms with van der Waals surface area (Å²) in [6, 6.07) is 2.68. The summed E-state index contributed by atoms with van der Waals surface area (Å²) in [6.45, 7) is 2.21. The van der Waals surface area contributed by atoms with E-state index in [1.807, 2.05) is 7.05 Å². The second kappa shape index (κ2) is 5.56. The summed E-state index contributed by atoms with van der Waals surface area (Å²) in [5.74, 6) is 3.68. The summed E-state index contributed by atoms with van der Waals surface area (Å²) >= 11 is 0. The second-order valence-corrected chi connectivity index (χ2v) is 6.25. The van der Waals surface area contributed by atoms with Gasteiger partial charge in [0.1, 0.15) is 17.5 Å². The maximum Gasteiger partial charge on any atom is 0.136 e. The Kier molecular flexibility index (Phi) is 3.78. The highest BCUT2D eigenvalue weighted by molar-refractivity contribution is 5.51. The van der Waals surface area contributed by atoms with Crippen LogP contribution in [0.5, 0.6) is 0 Å². The van der Waals surface area contributed by atoms with Gasteiger partial charge < -0.3 is 15.1 Å². The van der Waals surface area contributed by atoms with E-state index in [1.54, 1.807) is 0 Å². The van der Waals surface area contributed by atoms with Gasteiger partial charge in [-0.1, -0.05) is 0 Å². The molecule has 0 spiro atoms. The molecule has 2 heterocycles. The van der Waals surface area contributed by atoms with Crippen molar-refractivity contribution < 1.29 is 0 Å². The van der Waals surface area contributed by atoms with E-state index in [9.17, 15) is 0 Å². The number of nitrogens with zero attached hydrogens (tertiary/aromatic N) is 4. The van der Waals surface area contributed by atoms with Crippen molar-refractivity contribution in [2.24, 2.45) is 0 Å². The molecule has 1 aromatic heterocycles. The van der Waals surface area contributed by atoms with Crippen LogP contribution >= 0.6 is 0 Å². The first-order valence-corrected chi connectivity index (χ1v) is 7.65. The molecule has 110 valence electrons. The number of likely N-dealkylation sites (N-methyl/N-ethyl adjacent to an activating group) is 1. The average molecular weight is 275 g/mol. The fourth-order valence-electron chi connectivity index (χ4n) is 3.00. The quantitative estimate of drug-likeness (QED) is 0.889. The van der Waals surface area contributed by atoms with E-state index in [2.05, 4.69) is 40.3 Å². The monoisotopic (exact) mass is 275 g/mol. The molecule has 20 heavy (non-hydrogen) atoms. The Bertz CT molecular complexity index is 469. The molecule has 1 aliphatic carbocycles. The molecule has 2 fully saturated rings. The van der Waals surface area contributed by atoms with Gasteiger partial charge in [0.15, 0.2) is 0 Å². The first kappa shape index (κ1) is 13.6. The van der Waals surface area contributed by atoms with E-state index in [0.29, 0.717) is 12.0 Å². The van der Waals surface area contributed by atoms with Crippen molar-refractivity contribution in [1.82, 2.24) is 14.9 Å². The molecule has 1 saturated heterocycles. The zero-order valence-electron chi connectivity index (χ0n) is 12.8. The van der Waals surface area contributed by atoms with Crippen molar-refractivity contribution in [3.63, 3.8) is 0 Å². The van der Waals surface area contributed by atoms with Gasteiger partial charge in [-0.2, -0.15) is 0 Å². The van der Waals surface area contributed by atoms with Crippen LogP contribution in [-0.2, 0) is 0 Å². The summed E-state index contributed by atoms with van der Waals surface area (Å²) in [6.07, 6.45) is 5.01. The highest BCUT2D eigenvalue weighted by Gasteiger charge is 2.30. The lowest BCUT2D eigenvalue weighted by Gasteiger charge is -2.28. The first-order chi connectivity index (χ1) is 9.67. The molecule has 0 radical (unpaired) electrons. The summed E-state index contributed by atoms with van der Waals surface area (Å²) in [7, 11) is 6.22. The maximum atomic E-state index is 4.84. The van der Waals surface area contributed by atoms with Crippen LogP contribution in [0.4, 0.5) is 11.6 Å². The average Bonchev–Trinajstić information content (AvgIpc) is 3.18. The molecule has 5 heteroatoms. The lowest BCUT2D eigenvalue weighted by molar-refractivity contribution is 0.371. The number of aromatic nitrogens is 2. The molecule has 3 rings (SSSR count). The van der Waals surface area contributed by atoms with Crippen molar-refractivity contribution in [2.45, 2.75) is 37.6 Å². The number of rotatable bonds is 5. The fraction of sp³-hybridized carbons (Fsp3) is 0.733. The fourth-order valence-corrected chi connectivity index (χ4v) is 3.00. The SMILES string of the molecule is CNc1cc(N2CCCC2CN(C)C)nc(C2CC2)n1. The van der Waals surface area contributed by atoms with Gasteiger partial charge in [0.05, 0.1) is 0 Å². The van der Waals surface area contributed by atoms with Crippen LogP contribution in [0.15, 0.2) is 6.07 Å². The molecule has 5 nitrogen and oxygen atoms in total. The standard InChI is InChI=1S/C15H25N5/c1-16-13-9-14(18-15(17-13)11-6-7-11)20-8-4-5-12(20)10-19(2)3/h9,11-12H,4-8,10H2,1-3H3,(H,16,17,18). The van der Waals surface area contributed by atoms with Crippen molar-refractivity contribution in [2.75, 3.05) is 44.4 Å². The van der Waals surface area contributed by atoms with Crippen LogP contribution in [0.3, 0.4) is 0 Å². The molecule has 0 bridgehead atoms. The van der Waals surface area contributed by atoms with Crippen molar-refractivity contribution in [3.8, 4) is 0 Å². The van der Waals surface area contributed by atoms with Gasteiger partial charge in [0.25, 0.3) is 0 Å². The maximum absolute atomic E-state index is 4.84. The molecular weight excluding hydrogens is 250 g/mol. The topological polar surface area (TPSA) is 44.3 Å². The molecule has 1 N–H and O–H groups in total. The molecule has 1 atom stereocenters. The van der Waals surface area contributed by atoms with Crippen molar-refractivity contribution in [1.29, 1.82) is 0 Å². The minimum absolute atomic E-state index is 0.580. The van der Waals surface area contributed by atoms with E-state index < -0.39 is 0 Å². The van der Waals surface area contributed by atoms with Gasteiger partial charge in [0.2, 0.25) is 0 Å². The zero-order chi connectivity index (χ0) is 14.1. The van der Waals surface area contributed by atoms with Crippen LogP contribution in [0.2, 0.25) is 0 Å². The highest BCUT2D eigenvalue weighted by Crippen LogP contribution is 2.39.